The maximum absolute atomic E-state index is 11.7. The standard InChI is InChI=1S/C15H17ClN4O/c1-11-9-12(2)20(19-11)8-7-15(21)18-17-10-13-3-5-14(16)6-4-13/h3-6,9-10H,7-8H2,1-2H3,(H,18,21)/b17-10+. The molecule has 0 fully saturated rings. The molecule has 5 nitrogen and oxygen atoms in total. The molecule has 21 heavy (non-hydrogen) atoms. The summed E-state index contributed by atoms with van der Waals surface area (Å²) in [5, 5.41) is 8.89. The Bertz CT molecular complexity index is 646. The van der Waals surface area contributed by atoms with Crippen LogP contribution in [0, 0.1) is 13.8 Å². The van der Waals surface area contributed by atoms with E-state index in [0.29, 0.717) is 18.0 Å². The van der Waals surface area contributed by atoms with Crippen LogP contribution >= 0.6 is 11.6 Å². The van der Waals surface area contributed by atoms with Gasteiger partial charge in [0.15, 0.2) is 0 Å². The lowest BCUT2D eigenvalue weighted by molar-refractivity contribution is -0.121. The van der Waals surface area contributed by atoms with Gasteiger partial charge >= 0.3 is 0 Å². The number of rotatable bonds is 5. The summed E-state index contributed by atoms with van der Waals surface area (Å²) in [5.41, 5.74) is 5.37. The Morgan fingerprint density at radius 1 is 1.38 bits per heavy atom. The second-order valence-corrected chi connectivity index (χ2v) is 5.18. The normalized spacial score (nSPS) is 11.0. The first kappa shape index (κ1) is 15.3. The molecule has 0 unspecified atom stereocenters. The molecule has 0 atom stereocenters. The fourth-order valence-electron chi connectivity index (χ4n) is 1.89. The molecule has 0 aliphatic carbocycles. The molecule has 0 spiro atoms. The fourth-order valence-corrected chi connectivity index (χ4v) is 2.02. The molecule has 6 heteroatoms. The highest BCUT2D eigenvalue weighted by Crippen LogP contribution is 2.07. The van der Waals surface area contributed by atoms with Crippen molar-refractivity contribution >= 4 is 23.7 Å². The predicted molar refractivity (Wildman–Crippen MR) is 83.5 cm³/mol. The second kappa shape index (κ2) is 7.04. The van der Waals surface area contributed by atoms with E-state index in [1.165, 1.54) is 0 Å². The zero-order valence-electron chi connectivity index (χ0n) is 12.0. The number of amides is 1. The average Bonchev–Trinajstić information content (AvgIpc) is 2.77. The van der Waals surface area contributed by atoms with Crippen molar-refractivity contribution in [2.75, 3.05) is 0 Å². The Hall–Kier alpha value is -2.14. The highest BCUT2D eigenvalue weighted by atomic mass is 35.5. The zero-order valence-corrected chi connectivity index (χ0v) is 12.8. The summed E-state index contributed by atoms with van der Waals surface area (Å²) in [6, 6.07) is 9.18. The minimum absolute atomic E-state index is 0.146. The summed E-state index contributed by atoms with van der Waals surface area (Å²) >= 11 is 5.79. The van der Waals surface area contributed by atoms with E-state index in [1.54, 1.807) is 18.3 Å². The van der Waals surface area contributed by atoms with Gasteiger partial charge in [-0.25, -0.2) is 5.43 Å². The van der Waals surface area contributed by atoms with E-state index in [-0.39, 0.29) is 5.91 Å². The number of carbonyl (C=O) groups is 1. The van der Waals surface area contributed by atoms with Crippen LogP contribution in [0.5, 0.6) is 0 Å². The molecule has 1 aromatic heterocycles. The Morgan fingerprint density at radius 2 is 2.10 bits per heavy atom. The van der Waals surface area contributed by atoms with Crippen LogP contribution < -0.4 is 5.43 Å². The number of hydrogen-bond acceptors (Lipinski definition) is 3. The number of halogens is 1. The lowest BCUT2D eigenvalue weighted by atomic mass is 10.2. The third-order valence-electron chi connectivity index (χ3n) is 2.93. The zero-order chi connectivity index (χ0) is 15.2. The molecule has 0 radical (unpaired) electrons. The van der Waals surface area contributed by atoms with Gasteiger partial charge in [0.1, 0.15) is 0 Å². The van der Waals surface area contributed by atoms with Gasteiger partial charge in [-0.2, -0.15) is 10.2 Å². The second-order valence-electron chi connectivity index (χ2n) is 4.74. The molecule has 110 valence electrons. The van der Waals surface area contributed by atoms with Crippen LogP contribution in [-0.2, 0) is 11.3 Å². The van der Waals surface area contributed by atoms with Gasteiger partial charge in [-0.1, -0.05) is 23.7 Å². The molecule has 0 aliphatic heterocycles. The van der Waals surface area contributed by atoms with Crippen molar-refractivity contribution in [1.29, 1.82) is 0 Å². The number of benzene rings is 1. The van der Waals surface area contributed by atoms with Crippen molar-refractivity contribution in [3.05, 3.63) is 52.3 Å². The van der Waals surface area contributed by atoms with Crippen LogP contribution in [0.2, 0.25) is 5.02 Å². The summed E-state index contributed by atoms with van der Waals surface area (Å²) in [7, 11) is 0. The summed E-state index contributed by atoms with van der Waals surface area (Å²) in [4.78, 5) is 11.7. The van der Waals surface area contributed by atoms with Crippen molar-refractivity contribution in [2.24, 2.45) is 5.10 Å². The van der Waals surface area contributed by atoms with Gasteiger partial charge in [-0.15, -0.1) is 0 Å². The van der Waals surface area contributed by atoms with Crippen molar-refractivity contribution in [2.45, 2.75) is 26.8 Å². The molecule has 1 heterocycles. The van der Waals surface area contributed by atoms with Gasteiger partial charge in [-0.05, 0) is 37.6 Å². The Kier molecular flexibility index (Phi) is 5.11. The van der Waals surface area contributed by atoms with Gasteiger partial charge in [0, 0.05) is 17.1 Å². The number of hydrogen-bond donors (Lipinski definition) is 1. The first-order valence-electron chi connectivity index (χ1n) is 6.63. The van der Waals surface area contributed by atoms with E-state index in [0.717, 1.165) is 17.0 Å². The molecule has 1 aromatic carbocycles. The first-order valence-corrected chi connectivity index (χ1v) is 7.01. The summed E-state index contributed by atoms with van der Waals surface area (Å²) in [6.07, 6.45) is 1.91. The Morgan fingerprint density at radius 3 is 2.71 bits per heavy atom. The first-order chi connectivity index (χ1) is 10.0. The largest absolute Gasteiger partial charge is 0.273 e. The third kappa shape index (κ3) is 4.72. The van der Waals surface area contributed by atoms with E-state index in [9.17, 15) is 4.79 Å². The number of nitrogens with zero attached hydrogens (tertiary/aromatic N) is 3. The molecule has 2 rings (SSSR count). The van der Waals surface area contributed by atoms with E-state index >= 15 is 0 Å². The summed E-state index contributed by atoms with van der Waals surface area (Å²) in [5.74, 6) is -0.146. The summed E-state index contributed by atoms with van der Waals surface area (Å²) < 4.78 is 1.82. The smallest absolute Gasteiger partial charge is 0.241 e. The van der Waals surface area contributed by atoms with Crippen molar-refractivity contribution in [3.8, 4) is 0 Å². The monoisotopic (exact) mass is 304 g/mol. The van der Waals surface area contributed by atoms with Crippen molar-refractivity contribution in [3.63, 3.8) is 0 Å². The van der Waals surface area contributed by atoms with Crippen LogP contribution in [0.1, 0.15) is 23.4 Å². The SMILES string of the molecule is Cc1cc(C)n(CCC(=O)N/N=C/c2ccc(Cl)cc2)n1. The molecule has 0 saturated carbocycles. The molecule has 0 aliphatic rings. The minimum atomic E-state index is -0.146. The fraction of sp³-hybridized carbons (Fsp3) is 0.267. The maximum Gasteiger partial charge on any atom is 0.241 e. The summed E-state index contributed by atoms with van der Waals surface area (Å²) in [6.45, 7) is 4.44. The van der Waals surface area contributed by atoms with Crippen LogP contribution in [0.25, 0.3) is 0 Å². The van der Waals surface area contributed by atoms with E-state index in [2.05, 4.69) is 15.6 Å². The Balaban J connectivity index is 1.79. The van der Waals surface area contributed by atoms with Gasteiger partial charge < -0.3 is 0 Å². The number of aromatic nitrogens is 2. The van der Waals surface area contributed by atoms with E-state index in [1.807, 2.05) is 36.7 Å². The number of aryl methyl sites for hydroxylation is 3. The van der Waals surface area contributed by atoms with Gasteiger partial charge in [-0.3, -0.25) is 9.48 Å². The van der Waals surface area contributed by atoms with Crippen molar-refractivity contribution < 1.29 is 4.79 Å². The van der Waals surface area contributed by atoms with Crippen LogP contribution in [0.15, 0.2) is 35.4 Å². The lowest BCUT2D eigenvalue weighted by Gasteiger charge is -2.03. The van der Waals surface area contributed by atoms with E-state index in [4.69, 9.17) is 11.6 Å². The number of nitrogens with one attached hydrogen (secondary N) is 1. The number of carbonyl (C=O) groups excluding carboxylic acids is 1. The topological polar surface area (TPSA) is 59.3 Å². The molecule has 1 N–H and O–H groups in total. The quantitative estimate of drug-likeness (QED) is 0.682. The van der Waals surface area contributed by atoms with Gasteiger partial charge in [0.2, 0.25) is 5.91 Å². The molecular weight excluding hydrogens is 288 g/mol. The van der Waals surface area contributed by atoms with Crippen LogP contribution in [0.3, 0.4) is 0 Å². The van der Waals surface area contributed by atoms with Crippen LogP contribution in [-0.4, -0.2) is 21.9 Å². The van der Waals surface area contributed by atoms with Crippen molar-refractivity contribution in [1.82, 2.24) is 15.2 Å². The van der Waals surface area contributed by atoms with Crippen LogP contribution in [0.4, 0.5) is 0 Å². The van der Waals surface area contributed by atoms with E-state index < -0.39 is 0 Å². The minimum Gasteiger partial charge on any atom is -0.273 e. The maximum atomic E-state index is 11.7. The molecule has 2 aromatic rings. The third-order valence-corrected chi connectivity index (χ3v) is 3.18. The van der Waals surface area contributed by atoms with Gasteiger partial charge in [0.25, 0.3) is 0 Å². The molecule has 0 bridgehead atoms. The highest BCUT2D eigenvalue weighted by Gasteiger charge is 2.04. The lowest BCUT2D eigenvalue weighted by Crippen LogP contribution is -2.20. The molecular formula is C15H17ClN4O. The highest BCUT2D eigenvalue weighted by molar-refractivity contribution is 6.30. The number of hydrazone groups is 1. The van der Waals surface area contributed by atoms with Gasteiger partial charge in [0.05, 0.1) is 18.5 Å². The Labute approximate surface area is 128 Å². The molecule has 1 amide bonds. The molecule has 0 saturated heterocycles. The average molecular weight is 305 g/mol. The predicted octanol–water partition coefficient (Wildman–Crippen LogP) is 2.69.